The largest absolute Gasteiger partial charge is 0.490 e. The van der Waals surface area contributed by atoms with Gasteiger partial charge in [0.2, 0.25) is 0 Å². The molecule has 1 aliphatic heterocycles. The molecule has 2 aromatic rings. The van der Waals surface area contributed by atoms with Gasteiger partial charge in [0.05, 0.1) is 19.2 Å². The minimum Gasteiger partial charge on any atom is -0.490 e. The summed E-state index contributed by atoms with van der Waals surface area (Å²) in [6.45, 7) is 1.02. The van der Waals surface area contributed by atoms with Crippen LogP contribution >= 0.6 is 12.2 Å². The second-order valence-electron chi connectivity index (χ2n) is 5.28. The molecule has 124 valence electrons. The maximum atomic E-state index is 11.4. The van der Waals surface area contributed by atoms with E-state index in [-0.39, 0.29) is 12.1 Å². The number of methoxy groups -OCH3 is 1. The highest BCUT2D eigenvalue weighted by Gasteiger charge is 2.29. The van der Waals surface area contributed by atoms with Crippen LogP contribution in [0.25, 0.3) is 0 Å². The van der Waals surface area contributed by atoms with Gasteiger partial charge in [-0.25, -0.2) is 4.79 Å². The highest BCUT2D eigenvalue weighted by molar-refractivity contribution is 7.80. The summed E-state index contributed by atoms with van der Waals surface area (Å²) in [6.07, 6.45) is -0.141. The van der Waals surface area contributed by atoms with Gasteiger partial charge in [0.15, 0.2) is 6.10 Å². The minimum atomic E-state index is -0.371. The van der Waals surface area contributed by atoms with Crippen LogP contribution in [0.5, 0.6) is 5.75 Å². The first kappa shape index (κ1) is 16.3. The molecule has 0 spiro atoms. The van der Waals surface area contributed by atoms with Crippen molar-refractivity contribution < 1.29 is 19.0 Å². The maximum absolute atomic E-state index is 11.4. The first-order chi connectivity index (χ1) is 11.7. The average Bonchev–Trinajstić information content (AvgIpc) is 3.01. The molecule has 1 fully saturated rings. The van der Waals surface area contributed by atoms with Crippen molar-refractivity contribution in [3.63, 3.8) is 0 Å². The number of anilines is 1. The number of hydrogen-bond donors (Lipinski definition) is 0. The molecule has 0 N–H and O–H groups in total. The number of ether oxygens (including phenoxy) is 3. The first-order valence-electron chi connectivity index (χ1n) is 7.52. The van der Waals surface area contributed by atoms with Gasteiger partial charge in [-0.3, -0.25) is 4.90 Å². The lowest BCUT2D eigenvalue weighted by atomic mass is 10.2. The van der Waals surface area contributed by atoms with Crippen molar-refractivity contribution in [2.24, 2.45) is 0 Å². The molecule has 1 heterocycles. The monoisotopic (exact) mass is 343 g/mol. The number of hydrogen-bond acceptors (Lipinski definition) is 5. The van der Waals surface area contributed by atoms with Crippen molar-refractivity contribution in [1.82, 2.24) is 0 Å². The number of carbonyl (C=O) groups is 1. The molecule has 24 heavy (non-hydrogen) atoms. The van der Waals surface area contributed by atoms with E-state index in [0.29, 0.717) is 29.6 Å². The average molecular weight is 343 g/mol. The lowest BCUT2D eigenvalue weighted by molar-refractivity contribution is 0.0600. The summed E-state index contributed by atoms with van der Waals surface area (Å²) in [4.78, 5) is 13.3. The molecule has 0 aromatic heterocycles. The van der Waals surface area contributed by atoms with Crippen LogP contribution in [0.4, 0.5) is 5.69 Å². The molecule has 5 nitrogen and oxygen atoms in total. The quantitative estimate of drug-likeness (QED) is 0.614. The fraction of sp³-hybridized carbons (Fsp3) is 0.222. The molecule has 6 heteroatoms. The van der Waals surface area contributed by atoms with Crippen LogP contribution in [0, 0.1) is 0 Å². The minimum absolute atomic E-state index is 0.141. The van der Waals surface area contributed by atoms with Crippen molar-refractivity contribution in [1.29, 1.82) is 0 Å². The zero-order valence-corrected chi connectivity index (χ0v) is 14.0. The molecule has 1 unspecified atom stereocenters. The Morgan fingerprint density at radius 3 is 2.58 bits per heavy atom. The van der Waals surface area contributed by atoms with Gasteiger partial charge in [-0.1, -0.05) is 18.2 Å². The standard InChI is InChI=1S/C18H17NO4S/c1-21-17(20)13-7-9-15(10-8-13)22-12-16-11-19(18(24)23-16)14-5-3-2-4-6-14/h2-10,16H,11-12H2,1H3. The summed E-state index contributed by atoms with van der Waals surface area (Å²) in [5.41, 5.74) is 1.49. The third-order valence-electron chi connectivity index (χ3n) is 3.65. The summed E-state index contributed by atoms with van der Waals surface area (Å²) in [5, 5.41) is 0.454. The number of benzene rings is 2. The number of para-hydroxylation sites is 1. The van der Waals surface area contributed by atoms with E-state index in [0.717, 1.165) is 5.69 Å². The van der Waals surface area contributed by atoms with Crippen molar-refractivity contribution in [2.45, 2.75) is 6.10 Å². The van der Waals surface area contributed by atoms with E-state index >= 15 is 0 Å². The van der Waals surface area contributed by atoms with Gasteiger partial charge >= 0.3 is 5.97 Å². The van der Waals surface area contributed by atoms with E-state index in [2.05, 4.69) is 4.74 Å². The van der Waals surface area contributed by atoms with Crippen molar-refractivity contribution in [2.75, 3.05) is 25.2 Å². The van der Waals surface area contributed by atoms with E-state index in [1.165, 1.54) is 7.11 Å². The lowest BCUT2D eigenvalue weighted by Crippen LogP contribution is -2.26. The maximum Gasteiger partial charge on any atom is 0.337 e. The van der Waals surface area contributed by atoms with E-state index in [9.17, 15) is 4.79 Å². The molecule has 1 aliphatic rings. The zero-order chi connectivity index (χ0) is 16.9. The van der Waals surface area contributed by atoms with E-state index in [1.54, 1.807) is 24.3 Å². The summed E-state index contributed by atoms with van der Waals surface area (Å²) < 4.78 is 16.1. The number of thiocarbonyl (C=S) groups is 1. The fourth-order valence-electron chi connectivity index (χ4n) is 2.42. The molecule has 1 saturated heterocycles. The van der Waals surface area contributed by atoms with Crippen LogP contribution in [-0.2, 0) is 9.47 Å². The number of carbonyl (C=O) groups excluding carboxylic acids is 1. The second-order valence-corrected chi connectivity index (χ2v) is 5.63. The van der Waals surface area contributed by atoms with Crippen LogP contribution in [0.15, 0.2) is 54.6 Å². The van der Waals surface area contributed by atoms with Gasteiger partial charge < -0.3 is 14.2 Å². The van der Waals surface area contributed by atoms with Gasteiger partial charge in [-0.2, -0.15) is 0 Å². The van der Waals surface area contributed by atoms with Crippen LogP contribution in [0.3, 0.4) is 0 Å². The van der Waals surface area contributed by atoms with Crippen molar-refractivity contribution in [3.05, 3.63) is 60.2 Å². The number of nitrogens with zero attached hydrogens (tertiary/aromatic N) is 1. The number of rotatable bonds is 5. The third-order valence-corrected chi connectivity index (χ3v) is 3.97. The Balaban J connectivity index is 1.56. The Hall–Kier alpha value is -2.60. The molecule has 2 aromatic carbocycles. The summed E-state index contributed by atoms with van der Waals surface area (Å²) >= 11 is 5.29. The van der Waals surface area contributed by atoms with E-state index in [4.69, 9.17) is 21.7 Å². The van der Waals surface area contributed by atoms with E-state index < -0.39 is 0 Å². The second kappa shape index (κ2) is 7.31. The van der Waals surface area contributed by atoms with Gasteiger partial charge in [0, 0.05) is 5.69 Å². The van der Waals surface area contributed by atoms with Gasteiger partial charge in [-0.05, 0) is 48.6 Å². The third kappa shape index (κ3) is 3.65. The van der Waals surface area contributed by atoms with Gasteiger partial charge in [-0.15, -0.1) is 0 Å². The summed E-state index contributed by atoms with van der Waals surface area (Å²) in [6, 6.07) is 16.7. The molecule has 0 amide bonds. The summed E-state index contributed by atoms with van der Waals surface area (Å²) in [5.74, 6) is 0.292. The SMILES string of the molecule is COC(=O)c1ccc(OCC2CN(c3ccccc3)C(=S)O2)cc1. The lowest BCUT2D eigenvalue weighted by Gasteiger charge is -2.14. The Morgan fingerprint density at radius 2 is 1.92 bits per heavy atom. The molecular weight excluding hydrogens is 326 g/mol. The van der Waals surface area contributed by atoms with Crippen LogP contribution in [0.1, 0.15) is 10.4 Å². The molecule has 0 aliphatic carbocycles. The van der Waals surface area contributed by atoms with Crippen LogP contribution in [-0.4, -0.2) is 37.5 Å². The predicted molar refractivity (Wildman–Crippen MR) is 94.5 cm³/mol. The van der Waals surface area contributed by atoms with Crippen LogP contribution in [0.2, 0.25) is 0 Å². The first-order valence-corrected chi connectivity index (χ1v) is 7.92. The molecule has 3 rings (SSSR count). The topological polar surface area (TPSA) is 48.0 Å². The Bertz CT molecular complexity index is 718. The molecular formula is C18H17NO4S. The van der Waals surface area contributed by atoms with Crippen molar-refractivity contribution >= 4 is 29.0 Å². The molecule has 0 radical (unpaired) electrons. The fourth-order valence-corrected chi connectivity index (χ4v) is 2.74. The number of esters is 1. The molecule has 1 atom stereocenters. The highest BCUT2D eigenvalue weighted by Crippen LogP contribution is 2.22. The normalized spacial score (nSPS) is 16.6. The predicted octanol–water partition coefficient (Wildman–Crippen LogP) is 3.04. The van der Waals surface area contributed by atoms with Gasteiger partial charge in [0.1, 0.15) is 12.4 Å². The van der Waals surface area contributed by atoms with E-state index in [1.807, 2.05) is 35.2 Å². The van der Waals surface area contributed by atoms with Crippen molar-refractivity contribution in [3.8, 4) is 5.75 Å². The molecule has 0 bridgehead atoms. The Morgan fingerprint density at radius 1 is 1.21 bits per heavy atom. The summed E-state index contributed by atoms with van der Waals surface area (Å²) in [7, 11) is 1.35. The van der Waals surface area contributed by atoms with Crippen LogP contribution < -0.4 is 9.64 Å². The Kier molecular flexibility index (Phi) is 4.96. The smallest absolute Gasteiger partial charge is 0.337 e. The Labute approximate surface area is 145 Å². The zero-order valence-electron chi connectivity index (χ0n) is 13.2. The van der Waals surface area contributed by atoms with Gasteiger partial charge in [0.25, 0.3) is 5.17 Å². The molecule has 0 saturated carbocycles. The highest BCUT2D eigenvalue weighted by atomic mass is 32.1.